The molecule has 0 aliphatic carbocycles. The van der Waals surface area contributed by atoms with Crippen molar-refractivity contribution in [2.75, 3.05) is 5.88 Å². The van der Waals surface area contributed by atoms with Crippen LogP contribution in [0.15, 0.2) is 22.8 Å². The molecule has 0 unspecified atom stereocenters. The number of allylic oxidation sites excluding steroid dienone is 4. The van der Waals surface area contributed by atoms with Crippen LogP contribution in [0.4, 0.5) is 0 Å². The van der Waals surface area contributed by atoms with Gasteiger partial charge in [0.1, 0.15) is 0 Å². The molecule has 12 heavy (non-hydrogen) atoms. The van der Waals surface area contributed by atoms with E-state index in [0.29, 0.717) is 5.88 Å². The monoisotopic (exact) mass is 186 g/mol. The van der Waals surface area contributed by atoms with Gasteiger partial charge in [-0.15, -0.1) is 11.6 Å². The zero-order chi connectivity index (χ0) is 9.56. The van der Waals surface area contributed by atoms with E-state index in [1.807, 2.05) is 0 Å². The topological polar surface area (TPSA) is 0 Å². The van der Waals surface area contributed by atoms with Crippen molar-refractivity contribution >= 4 is 11.6 Å². The van der Waals surface area contributed by atoms with Crippen LogP contribution in [0.25, 0.3) is 0 Å². The highest BCUT2D eigenvalue weighted by molar-refractivity contribution is 6.19. The second-order valence-corrected chi connectivity index (χ2v) is 3.61. The average Bonchev–Trinajstić information content (AvgIpc) is 2.04. The molecule has 0 spiro atoms. The smallest absolute Gasteiger partial charge is 0.0439 e. The number of hydrogen-bond donors (Lipinski definition) is 0. The lowest BCUT2D eigenvalue weighted by Gasteiger charge is -2.03. The van der Waals surface area contributed by atoms with Gasteiger partial charge in [0.25, 0.3) is 0 Å². The lowest BCUT2D eigenvalue weighted by Crippen LogP contribution is -1.87. The minimum atomic E-state index is 0.663. The van der Waals surface area contributed by atoms with Gasteiger partial charge in [-0.3, -0.25) is 0 Å². The molecule has 0 aromatic rings. The van der Waals surface area contributed by atoms with Crippen molar-refractivity contribution in [2.24, 2.45) is 0 Å². The average molecular weight is 187 g/mol. The van der Waals surface area contributed by atoms with Crippen molar-refractivity contribution in [2.45, 2.75) is 40.5 Å². The van der Waals surface area contributed by atoms with Crippen molar-refractivity contribution < 1.29 is 0 Å². The predicted molar refractivity (Wildman–Crippen MR) is 57.8 cm³/mol. The number of rotatable bonds is 4. The van der Waals surface area contributed by atoms with Gasteiger partial charge in [0, 0.05) is 5.88 Å². The van der Waals surface area contributed by atoms with E-state index in [9.17, 15) is 0 Å². The first-order valence-electron chi connectivity index (χ1n) is 4.48. The van der Waals surface area contributed by atoms with Crippen LogP contribution in [-0.4, -0.2) is 5.88 Å². The minimum Gasteiger partial charge on any atom is -0.122 e. The molecule has 0 aliphatic heterocycles. The summed E-state index contributed by atoms with van der Waals surface area (Å²) in [5, 5.41) is 0. The van der Waals surface area contributed by atoms with Gasteiger partial charge in [0.05, 0.1) is 0 Å². The molecule has 0 aliphatic rings. The zero-order valence-electron chi connectivity index (χ0n) is 8.58. The molecule has 0 amide bonds. The molecule has 0 fully saturated rings. The molecular formula is C11H19Cl. The Balaban J connectivity index is 4.16. The third-order valence-corrected chi connectivity index (χ3v) is 2.45. The second kappa shape index (κ2) is 6.30. The fraction of sp³-hybridized carbons (Fsp3) is 0.636. The Hall–Kier alpha value is -0.230. The number of alkyl halides is 1. The van der Waals surface area contributed by atoms with E-state index in [0.717, 1.165) is 12.8 Å². The van der Waals surface area contributed by atoms with Crippen LogP contribution in [0.3, 0.4) is 0 Å². The summed E-state index contributed by atoms with van der Waals surface area (Å²) in [5.74, 6) is 0.663. The van der Waals surface area contributed by atoms with E-state index < -0.39 is 0 Å². The van der Waals surface area contributed by atoms with E-state index in [2.05, 4.69) is 33.8 Å². The summed E-state index contributed by atoms with van der Waals surface area (Å²) in [6, 6.07) is 0. The van der Waals surface area contributed by atoms with Crippen molar-refractivity contribution in [3.63, 3.8) is 0 Å². The Bertz CT molecular complexity index is 183. The van der Waals surface area contributed by atoms with E-state index in [4.69, 9.17) is 11.6 Å². The normalized spacial score (nSPS) is 11.6. The molecule has 0 atom stereocenters. The van der Waals surface area contributed by atoms with E-state index in [1.165, 1.54) is 16.7 Å². The van der Waals surface area contributed by atoms with Gasteiger partial charge >= 0.3 is 0 Å². The molecule has 0 nitrogen and oxygen atoms in total. The van der Waals surface area contributed by atoms with Crippen LogP contribution >= 0.6 is 11.6 Å². The molecule has 0 radical (unpaired) electrons. The lowest BCUT2D eigenvalue weighted by molar-refractivity contribution is 1.05. The van der Waals surface area contributed by atoms with Crippen LogP contribution < -0.4 is 0 Å². The van der Waals surface area contributed by atoms with Gasteiger partial charge in [-0.05, 0) is 33.6 Å². The third-order valence-electron chi connectivity index (χ3n) is 2.12. The largest absolute Gasteiger partial charge is 0.122 e. The Morgan fingerprint density at radius 3 is 2.17 bits per heavy atom. The standard InChI is InChI=1S/C11H19Cl/c1-5-10(4)6-7-11(8-12)9(2)3/h6H,5,7-8H2,1-4H3/b10-6-. The van der Waals surface area contributed by atoms with Crippen molar-refractivity contribution in [1.82, 2.24) is 0 Å². The van der Waals surface area contributed by atoms with Gasteiger partial charge in [-0.2, -0.15) is 0 Å². The molecule has 0 bridgehead atoms. The summed E-state index contributed by atoms with van der Waals surface area (Å²) >= 11 is 5.80. The van der Waals surface area contributed by atoms with Crippen molar-refractivity contribution in [3.8, 4) is 0 Å². The fourth-order valence-corrected chi connectivity index (χ4v) is 1.21. The van der Waals surface area contributed by atoms with Gasteiger partial charge in [-0.1, -0.05) is 29.7 Å². The quantitative estimate of drug-likeness (QED) is 0.454. The Labute approximate surface area is 81.3 Å². The van der Waals surface area contributed by atoms with Crippen LogP contribution in [0, 0.1) is 0 Å². The Morgan fingerprint density at radius 2 is 1.83 bits per heavy atom. The highest BCUT2D eigenvalue weighted by Gasteiger charge is 1.95. The van der Waals surface area contributed by atoms with Crippen LogP contribution in [0.5, 0.6) is 0 Å². The summed E-state index contributed by atoms with van der Waals surface area (Å²) in [4.78, 5) is 0. The van der Waals surface area contributed by atoms with Gasteiger partial charge in [0.2, 0.25) is 0 Å². The first kappa shape index (κ1) is 11.8. The van der Waals surface area contributed by atoms with Gasteiger partial charge < -0.3 is 0 Å². The maximum atomic E-state index is 5.80. The predicted octanol–water partition coefficient (Wildman–Crippen LogP) is 4.31. The molecule has 70 valence electrons. The minimum absolute atomic E-state index is 0.663. The summed E-state index contributed by atoms with van der Waals surface area (Å²) < 4.78 is 0. The van der Waals surface area contributed by atoms with E-state index in [-0.39, 0.29) is 0 Å². The number of halogens is 1. The first-order valence-corrected chi connectivity index (χ1v) is 5.02. The maximum Gasteiger partial charge on any atom is 0.0439 e. The molecule has 0 aromatic heterocycles. The molecule has 0 heterocycles. The summed E-state index contributed by atoms with van der Waals surface area (Å²) in [5.41, 5.74) is 4.15. The van der Waals surface area contributed by atoms with Gasteiger partial charge in [-0.25, -0.2) is 0 Å². The highest BCUT2D eigenvalue weighted by atomic mass is 35.5. The molecule has 0 aromatic carbocycles. The van der Waals surface area contributed by atoms with Crippen LogP contribution in [0.1, 0.15) is 40.5 Å². The summed E-state index contributed by atoms with van der Waals surface area (Å²) in [6.07, 6.45) is 4.43. The molecule has 0 saturated heterocycles. The molecular weight excluding hydrogens is 168 g/mol. The van der Waals surface area contributed by atoms with Crippen LogP contribution in [0.2, 0.25) is 0 Å². The van der Waals surface area contributed by atoms with E-state index >= 15 is 0 Å². The molecule has 0 N–H and O–H groups in total. The van der Waals surface area contributed by atoms with Crippen molar-refractivity contribution in [3.05, 3.63) is 22.8 Å². The lowest BCUT2D eigenvalue weighted by atomic mass is 10.1. The summed E-state index contributed by atoms with van der Waals surface area (Å²) in [7, 11) is 0. The summed E-state index contributed by atoms with van der Waals surface area (Å²) in [6.45, 7) is 8.57. The van der Waals surface area contributed by atoms with Crippen LogP contribution in [-0.2, 0) is 0 Å². The SMILES string of the molecule is CC/C(C)=C\CC(CCl)=C(C)C. The van der Waals surface area contributed by atoms with Crippen molar-refractivity contribution in [1.29, 1.82) is 0 Å². The van der Waals surface area contributed by atoms with Gasteiger partial charge in [0.15, 0.2) is 0 Å². The zero-order valence-corrected chi connectivity index (χ0v) is 9.33. The maximum absolute atomic E-state index is 5.80. The fourth-order valence-electron chi connectivity index (χ4n) is 0.834. The highest BCUT2D eigenvalue weighted by Crippen LogP contribution is 2.13. The Kier molecular flexibility index (Phi) is 6.18. The van der Waals surface area contributed by atoms with E-state index in [1.54, 1.807) is 0 Å². The first-order chi connectivity index (χ1) is 5.61. The number of hydrogen-bond acceptors (Lipinski definition) is 0. The second-order valence-electron chi connectivity index (χ2n) is 3.35. The molecule has 0 rings (SSSR count). The Morgan fingerprint density at radius 1 is 1.25 bits per heavy atom. The third kappa shape index (κ3) is 4.61. The molecule has 0 saturated carbocycles. The molecule has 1 heteroatoms.